The van der Waals surface area contributed by atoms with E-state index < -0.39 is 10.0 Å². The van der Waals surface area contributed by atoms with Gasteiger partial charge in [-0.1, -0.05) is 29.8 Å². The Labute approximate surface area is 150 Å². The predicted octanol–water partition coefficient (Wildman–Crippen LogP) is 3.73. The minimum absolute atomic E-state index is 0.0887. The summed E-state index contributed by atoms with van der Waals surface area (Å²) in [5.74, 6) is 0. The first-order chi connectivity index (χ1) is 11.5. The Bertz CT molecular complexity index is 1020. The number of hydrogen-bond donors (Lipinski definition) is 1. The summed E-state index contributed by atoms with van der Waals surface area (Å²) in [6, 6.07) is 11.4. The van der Waals surface area contributed by atoms with Crippen molar-refractivity contribution in [2.24, 2.45) is 7.05 Å². The molecule has 4 nitrogen and oxygen atoms in total. The van der Waals surface area contributed by atoms with Crippen LogP contribution in [0.2, 0.25) is 4.34 Å². The third-order valence-corrected chi connectivity index (χ3v) is 7.90. The van der Waals surface area contributed by atoms with Gasteiger partial charge in [-0.3, -0.25) is 0 Å². The average molecular weight is 381 g/mol. The van der Waals surface area contributed by atoms with Gasteiger partial charge in [0.15, 0.2) is 0 Å². The van der Waals surface area contributed by atoms with Gasteiger partial charge in [0.2, 0.25) is 10.0 Å². The Morgan fingerprint density at radius 1 is 1.25 bits per heavy atom. The summed E-state index contributed by atoms with van der Waals surface area (Å²) in [4.78, 5) is 0. The number of sulfonamides is 1. The quantitative estimate of drug-likeness (QED) is 0.752. The second-order valence-corrected chi connectivity index (χ2v) is 9.78. The van der Waals surface area contributed by atoms with E-state index in [0.717, 1.165) is 30.6 Å². The van der Waals surface area contributed by atoms with Crippen LogP contribution in [0.15, 0.2) is 40.6 Å². The Balaban J connectivity index is 1.64. The molecule has 1 atom stereocenters. The number of halogens is 1. The number of rotatable bonds is 3. The lowest BCUT2D eigenvalue weighted by Crippen LogP contribution is -2.38. The van der Waals surface area contributed by atoms with E-state index in [-0.39, 0.29) is 10.3 Å². The lowest BCUT2D eigenvalue weighted by atomic mass is 9.92. The molecule has 1 aliphatic carbocycles. The highest BCUT2D eigenvalue weighted by atomic mass is 35.5. The van der Waals surface area contributed by atoms with Crippen molar-refractivity contribution in [3.63, 3.8) is 0 Å². The van der Waals surface area contributed by atoms with Crippen molar-refractivity contribution in [2.75, 3.05) is 0 Å². The first-order valence-corrected chi connectivity index (χ1v) is 10.5. The standard InChI is InChI=1S/C17H17ClN2O2S2/c1-20-14-5-3-2-4-12(14)13-10-11(6-7-15(13)20)19-24(21,22)17-9-8-16(18)23-17/h2-5,8-9,11,19H,6-7,10H2,1H3. The number of aryl methyl sites for hydroxylation is 1. The number of aromatic nitrogens is 1. The predicted molar refractivity (Wildman–Crippen MR) is 98.4 cm³/mol. The smallest absolute Gasteiger partial charge is 0.250 e. The van der Waals surface area contributed by atoms with Crippen LogP contribution in [0.25, 0.3) is 10.9 Å². The second kappa shape index (κ2) is 5.88. The van der Waals surface area contributed by atoms with Crippen LogP contribution in [0.1, 0.15) is 17.7 Å². The van der Waals surface area contributed by atoms with Crippen LogP contribution in [-0.4, -0.2) is 19.0 Å². The molecule has 1 aliphatic rings. The molecule has 0 saturated heterocycles. The van der Waals surface area contributed by atoms with Gasteiger partial charge < -0.3 is 4.57 Å². The van der Waals surface area contributed by atoms with Gasteiger partial charge in [-0.15, -0.1) is 11.3 Å². The molecule has 0 saturated carbocycles. The molecule has 0 fully saturated rings. The van der Waals surface area contributed by atoms with Crippen molar-refractivity contribution >= 4 is 43.9 Å². The lowest BCUT2D eigenvalue weighted by molar-refractivity contribution is 0.502. The molecule has 0 radical (unpaired) electrons. The van der Waals surface area contributed by atoms with Gasteiger partial charge in [-0.2, -0.15) is 0 Å². The van der Waals surface area contributed by atoms with E-state index in [2.05, 4.69) is 28.5 Å². The highest BCUT2D eigenvalue weighted by molar-refractivity contribution is 7.91. The van der Waals surface area contributed by atoms with Gasteiger partial charge in [0.1, 0.15) is 4.21 Å². The fourth-order valence-corrected chi connectivity index (χ4v) is 6.32. The van der Waals surface area contributed by atoms with Gasteiger partial charge >= 0.3 is 0 Å². The first-order valence-electron chi connectivity index (χ1n) is 7.78. The third-order valence-electron chi connectivity index (χ3n) is 4.66. The summed E-state index contributed by atoms with van der Waals surface area (Å²) in [6.07, 6.45) is 2.39. The van der Waals surface area contributed by atoms with Crippen molar-refractivity contribution in [3.8, 4) is 0 Å². The van der Waals surface area contributed by atoms with Gasteiger partial charge in [0.25, 0.3) is 0 Å². The Morgan fingerprint density at radius 3 is 2.79 bits per heavy atom. The topological polar surface area (TPSA) is 51.1 Å². The van der Waals surface area contributed by atoms with Gasteiger partial charge in [-0.05, 0) is 43.0 Å². The molecule has 1 aromatic carbocycles. The van der Waals surface area contributed by atoms with E-state index in [1.165, 1.54) is 22.2 Å². The molecule has 0 amide bonds. The molecule has 24 heavy (non-hydrogen) atoms. The van der Waals surface area contributed by atoms with Crippen LogP contribution in [0.3, 0.4) is 0 Å². The lowest BCUT2D eigenvalue weighted by Gasteiger charge is -2.24. The number of nitrogens with one attached hydrogen (secondary N) is 1. The zero-order chi connectivity index (χ0) is 16.9. The van der Waals surface area contributed by atoms with Crippen molar-refractivity contribution < 1.29 is 8.42 Å². The Hall–Kier alpha value is -1.34. The molecule has 2 heterocycles. The molecule has 3 aromatic rings. The van der Waals surface area contributed by atoms with Crippen molar-refractivity contribution in [2.45, 2.75) is 29.5 Å². The monoisotopic (exact) mass is 380 g/mol. The molecular formula is C17H17ClN2O2S2. The van der Waals surface area contributed by atoms with Gasteiger partial charge in [-0.25, -0.2) is 13.1 Å². The minimum atomic E-state index is -3.51. The van der Waals surface area contributed by atoms with E-state index in [9.17, 15) is 8.42 Å². The zero-order valence-corrected chi connectivity index (χ0v) is 15.5. The molecule has 0 spiro atoms. The van der Waals surface area contributed by atoms with Crippen LogP contribution < -0.4 is 4.72 Å². The summed E-state index contributed by atoms with van der Waals surface area (Å²) in [5, 5.41) is 1.22. The number of fused-ring (bicyclic) bond motifs is 3. The first kappa shape index (κ1) is 16.1. The van der Waals surface area contributed by atoms with Crippen LogP contribution in [0, 0.1) is 0 Å². The largest absolute Gasteiger partial charge is 0.347 e. The molecule has 4 rings (SSSR count). The van der Waals surface area contributed by atoms with E-state index in [4.69, 9.17) is 11.6 Å². The van der Waals surface area contributed by atoms with Crippen molar-refractivity contribution in [1.82, 2.24) is 9.29 Å². The van der Waals surface area contributed by atoms with Crippen molar-refractivity contribution in [3.05, 3.63) is 52.0 Å². The summed E-state index contributed by atoms with van der Waals surface area (Å²) >= 11 is 6.95. The maximum Gasteiger partial charge on any atom is 0.250 e. The summed E-state index contributed by atoms with van der Waals surface area (Å²) in [7, 11) is -1.43. The maximum atomic E-state index is 12.5. The van der Waals surface area contributed by atoms with E-state index in [1.807, 2.05) is 12.1 Å². The van der Waals surface area contributed by atoms with Crippen LogP contribution in [0.5, 0.6) is 0 Å². The van der Waals surface area contributed by atoms with Crippen molar-refractivity contribution in [1.29, 1.82) is 0 Å². The van der Waals surface area contributed by atoms with Gasteiger partial charge in [0, 0.05) is 29.7 Å². The summed E-state index contributed by atoms with van der Waals surface area (Å²) in [6.45, 7) is 0. The Kier molecular flexibility index (Phi) is 3.95. The Morgan fingerprint density at radius 2 is 2.04 bits per heavy atom. The normalized spacial score (nSPS) is 18.0. The number of hydrogen-bond acceptors (Lipinski definition) is 3. The maximum absolute atomic E-state index is 12.5. The summed E-state index contributed by atoms with van der Waals surface area (Å²) in [5.41, 5.74) is 3.78. The molecule has 2 aromatic heterocycles. The SMILES string of the molecule is Cn1c2c(c3ccccc31)CC(NS(=O)(=O)c1ccc(Cl)s1)CC2. The van der Waals surface area contributed by atoms with Gasteiger partial charge in [0.05, 0.1) is 4.34 Å². The molecule has 1 unspecified atom stereocenters. The van der Waals surface area contributed by atoms with E-state index in [1.54, 1.807) is 12.1 Å². The fraction of sp³-hybridized carbons (Fsp3) is 0.294. The zero-order valence-electron chi connectivity index (χ0n) is 13.1. The number of benzene rings is 1. The van der Waals surface area contributed by atoms with E-state index >= 15 is 0 Å². The number of para-hydroxylation sites is 1. The molecular weight excluding hydrogens is 364 g/mol. The fourth-order valence-electron chi connectivity index (χ4n) is 3.55. The highest BCUT2D eigenvalue weighted by Gasteiger charge is 2.28. The molecule has 0 aliphatic heterocycles. The molecule has 126 valence electrons. The van der Waals surface area contributed by atoms with Crippen LogP contribution in [0.4, 0.5) is 0 Å². The number of nitrogens with zero attached hydrogens (tertiary/aromatic N) is 1. The minimum Gasteiger partial charge on any atom is -0.347 e. The molecule has 1 N–H and O–H groups in total. The molecule has 7 heteroatoms. The molecule has 0 bridgehead atoms. The number of thiophene rings is 1. The highest BCUT2D eigenvalue weighted by Crippen LogP contribution is 2.32. The second-order valence-electron chi connectivity index (χ2n) is 6.12. The van der Waals surface area contributed by atoms with Crippen LogP contribution in [-0.2, 0) is 29.9 Å². The summed E-state index contributed by atoms with van der Waals surface area (Å²) < 4.78 is 30.9. The van der Waals surface area contributed by atoms with E-state index in [0.29, 0.717) is 4.34 Å². The average Bonchev–Trinajstić information content (AvgIpc) is 3.11. The third kappa shape index (κ3) is 2.67. The van der Waals surface area contributed by atoms with Crippen LogP contribution >= 0.6 is 22.9 Å².